The van der Waals surface area contributed by atoms with Gasteiger partial charge in [-0.1, -0.05) is 43.0 Å². The fraction of sp³-hybridized carbons (Fsp3) is 0.696. The summed E-state index contributed by atoms with van der Waals surface area (Å²) in [5, 5.41) is 1.19. The van der Waals surface area contributed by atoms with Gasteiger partial charge in [-0.05, 0) is 50.6 Å². The molecular formula is C23H35Cl2N3O2. The zero-order chi connectivity index (χ0) is 21.3. The van der Waals surface area contributed by atoms with Gasteiger partial charge in [-0.25, -0.2) is 0 Å². The van der Waals surface area contributed by atoms with Crippen LogP contribution in [0, 0.1) is 0 Å². The number of halogens is 2. The number of unbranched alkanes of at least 4 members (excludes halogenated alkanes) is 1. The second kappa shape index (κ2) is 12.1. The molecule has 2 aliphatic heterocycles. The first-order valence-corrected chi connectivity index (χ1v) is 12.1. The summed E-state index contributed by atoms with van der Waals surface area (Å²) < 4.78 is 5.47. The lowest BCUT2D eigenvalue weighted by Gasteiger charge is -2.41. The highest BCUT2D eigenvalue weighted by atomic mass is 35.5. The average Bonchev–Trinajstić information content (AvgIpc) is 2.76. The van der Waals surface area contributed by atoms with Crippen molar-refractivity contribution in [2.24, 2.45) is 0 Å². The molecule has 2 fully saturated rings. The van der Waals surface area contributed by atoms with Crippen LogP contribution in [0.2, 0.25) is 10.0 Å². The third-order valence-electron chi connectivity index (χ3n) is 6.18. The number of hydrogen-bond donors (Lipinski definition) is 0. The molecule has 0 amide bonds. The maximum atomic E-state index is 12.4. The van der Waals surface area contributed by atoms with Crippen LogP contribution in [-0.4, -0.2) is 74.2 Å². The number of hydrogen-bond acceptors (Lipinski definition) is 5. The van der Waals surface area contributed by atoms with Gasteiger partial charge in [0.05, 0.1) is 23.1 Å². The monoisotopic (exact) mass is 455 g/mol. The van der Waals surface area contributed by atoms with Crippen molar-refractivity contribution < 1.29 is 9.53 Å². The first kappa shape index (κ1) is 23.6. The van der Waals surface area contributed by atoms with Gasteiger partial charge < -0.3 is 9.64 Å². The molecule has 0 saturated carbocycles. The molecule has 0 bridgehead atoms. The minimum absolute atomic E-state index is 0.0477. The quantitative estimate of drug-likeness (QED) is 0.398. The Labute approximate surface area is 191 Å². The summed E-state index contributed by atoms with van der Waals surface area (Å²) in [5.74, 6) is -0.0477. The van der Waals surface area contributed by atoms with E-state index < -0.39 is 0 Å². The van der Waals surface area contributed by atoms with Crippen LogP contribution in [0.5, 0.6) is 0 Å². The molecule has 2 aliphatic rings. The van der Waals surface area contributed by atoms with Crippen molar-refractivity contribution in [3.05, 3.63) is 28.2 Å². The van der Waals surface area contributed by atoms with E-state index in [0.717, 1.165) is 64.3 Å². The summed E-state index contributed by atoms with van der Waals surface area (Å²) >= 11 is 12.2. The third kappa shape index (κ3) is 7.01. The van der Waals surface area contributed by atoms with Crippen molar-refractivity contribution in [3.63, 3.8) is 0 Å². The molecule has 1 aromatic rings. The minimum Gasteiger partial charge on any atom is -0.466 e. The zero-order valence-corrected chi connectivity index (χ0v) is 19.6. The summed E-state index contributed by atoms with van der Waals surface area (Å²) in [6, 6.07) is 6.09. The minimum atomic E-state index is -0.0477. The number of esters is 1. The average molecular weight is 456 g/mol. The molecule has 0 aromatic heterocycles. The molecule has 0 aliphatic carbocycles. The van der Waals surface area contributed by atoms with Crippen LogP contribution in [0.1, 0.15) is 45.4 Å². The summed E-state index contributed by atoms with van der Waals surface area (Å²) in [6.45, 7) is 9.64. The normalized spacial score (nSPS) is 19.6. The van der Waals surface area contributed by atoms with Gasteiger partial charge in [-0.2, -0.15) is 0 Å². The predicted octanol–water partition coefficient (Wildman–Crippen LogP) is 4.70. The fourth-order valence-corrected chi connectivity index (χ4v) is 4.64. The van der Waals surface area contributed by atoms with Crippen LogP contribution in [0.15, 0.2) is 18.2 Å². The van der Waals surface area contributed by atoms with Gasteiger partial charge in [0.15, 0.2) is 0 Å². The van der Waals surface area contributed by atoms with Crippen molar-refractivity contribution in [1.82, 2.24) is 9.80 Å². The summed E-state index contributed by atoms with van der Waals surface area (Å²) in [4.78, 5) is 19.8. The molecule has 1 aromatic carbocycles. The van der Waals surface area contributed by atoms with Gasteiger partial charge in [0, 0.05) is 44.5 Å². The molecule has 30 heavy (non-hydrogen) atoms. The Balaban J connectivity index is 1.53. The van der Waals surface area contributed by atoms with E-state index in [1.54, 1.807) is 0 Å². The lowest BCUT2D eigenvalue weighted by atomic mass is 10.0. The van der Waals surface area contributed by atoms with E-state index in [9.17, 15) is 4.79 Å². The number of piperidine rings is 1. The Kier molecular flexibility index (Phi) is 9.57. The SMILES string of the molecule is CCCCOC(=O)CC(CN1CCN(c2ccc(Cl)c(Cl)c2)CC1)N1CCCCC1. The molecule has 0 N–H and O–H groups in total. The molecule has 0 radical (unpaired) electrons. The molecule has 1 atom stereocenters. The van der Waals surface area contributed by atoms with Crippen molar-refractivity contribution in [3.8, 4) is 0 Å². The number of rotatable bonds is 9. The second-order valence-electron chi connectivity index (χ2n) is 8.41. The molecule has 0 spiro atoms. The lowest BCUT2D eigenvalue weighted by molar-refractivity contribution is -0.145. The maximum Gasteiger partial charge on any atom is 0.307 e. The van der Waals surface area contributed by atoms with Gasteiger partial charge in [-0.15, -0.1) is 0 Å². The highest BCUT2D eigenvalue weighted by molar-refractivity contribution is 6.42. The molecule has 5 nitrogen and oxygen atoms in total. The third-order valence-corrected chi connectivity index (χ3v) is 6.92. The molecule has 2 heterocycles. The van der Waals surface area contributed by atoms with Gasteiger partial charge in [0.2, 0.25) is 0 Å². The summed E-state index contributed by atoms with van der Waals surface area (Å²) in [7, 11) is 0. The molecule has 168 valence electrons. The van der Waals surface area contributed by atoms with Crippen LogP contribution < -0.4 is 4.90 Å². The molecular weight excluding hydrogens is 421 g/mol. The van der Waals surface area contributed by atoms with Crippen LogP contribution in [0.25, 0.3) is 0 Å². The first-order valence-electron chi connectivity index (χ1n) is 11.4. The van der Waals surface area contributed by atoms with Crippen molar-refractivity contribution in [2.75, 3.05) is 57.3 Å². The Morgan fingerprint density at radius 2 is 1.77 bits per heavy atom. The smallest absolute Gasteiger partial charge is 0.307 e. The number of carbonyl (C=O) groups excluding carboxylic acids is 1. The number of likely N-dealkylation sites (tertiary alicyclic amines) is 1. The molecule has 2 saturated heterocycles. The van der Waals surface area contributed by atoms with Crippen LogP contribution in [0.3, 0.4) is 0 Å². The summed E-state index contributed by atoms with van der Waals surface area (Å²) in [6.07, 6.45) is 6.24. The topological polar surface area (TPSA) is 36.0 Å². The highest BCUT2D eigenvalue weighted by Crippen LogP contribution is 2.28. The molecule has 7 heteroatoms. The number of piperazine rings is 1. The Bertz CT molecular complexity index is 674. The van der Waals surface area contributed by atoms with Gasteiger partial charge >= 0.3 is 5.97 Å². The van der Waals surface area contributed by atoms with Crippen molar-refractivity contribution >= 4 is 34.9 Å². The Morgan fingerprint density at radius 3 is 2.43 bits per heavy atom. The predicted molar refractivity (Wildman–Crippen MR) is 125 cm³/mol. The van der Waals surface area contributed by atoms with Crippen molar-refractivity contribution in [2.45, 2.75) is 51.5 Å². The van der Waals surface area contributed by atoms with Crippen LogP contribution >= 0.6 is 23.2 Å². The lowest BCUT2D eigenvalue weighted by Crippen LogP contribution is -2.53. The first-order chi connectivity index (χ1) is 14.6. The fourth-order valence-electron chi connectivity index (χ4n) is 4.34. The number of anilines is 1. The van der Waals surface area contributed by atoms with E-state index in [2.05, 4.69) is 21.6 Å². The van der Waals surface area contributed by atoms with E-state index in [1.165, 1.54) is 19.3 Å². The van der Waals surface area contributed by atoms with E-state index in [-0.39, 0.29) is 12.0 Å². The zero-order valence-electron chi connectivity index (χ0n) is 18.1. The summed E-state index contributed by atoms with van der Waals surface area (Å²) in [5.41, 5.74) is 1.12. The second-order valence-corrected chi connectivity index (χ2v) is 9.23. The van der Waals surface area contributed by atoms with Crippen LogP contribution in [0.4, 0.5) is 5.69 Å². The number of nitrogens with zero attached hydrogens (tertiary/aromatic N) is 3. The van der Waals surface area contributed by atoms with Gasteiger partial charge in [0.1, 0.15) is 0 Å². The van der Waals surface area contributed by atoms with E-state index in [1.807, 2.05) is 18.2 Å². The van der Waals surface area contributed by atoms with E-state index in [0.29, 0.717) is 23.1 Å². The Morgan fingerprint density at radius 1 is 1.03 bits per heavy atom. The van der Waals surface area contributed by atoms with Gasteiger partial charge in [-0.3, -0.25) is 14.6 Å². The van der Waals surface area contributed by atoms with Crippen molar-refractivity contribution in [1.29, 1.82) is 0 Å². The maximum absolute atomic E-state index is 12.4. The van der Waals surface area contributed by atoms with E-state index >= 15 is 0 Å². The number of carbonyl (C=O) groups is 1. The number of ether oxygens (including phenoxy) is 1. The molecule has 1 unspecified atom stereocenters. The standard InChI is InChI=1S/C23H35Cl2N3O2/c1-2-3-15-30-23(29)17-20(27-9-5-4-6-10-27)18-26-11-13-28(14-12-26)19-7-8-21(24)22(25)16-19/h7-8,16,20H,2-6,9-15,17-18H2,1H3. The largest absolute Gasteiger partial charge is 0.466 e. The number of benzene rings is 1. The van der Waals surface area contributed by atoms with Crippen LogP contribution in [-0.2, 0) is 9.53 Å². The van der Waals surface area contributed by atoms with E-state index in [4.69, 9.17) is 27.9 Å². The highest BCUT2D eigenvalue weighted by Gasteiger charge is 2.27. The van der Waals surface area contributed by atoms with Gasteiger partial charge in [0.25, 0.3) is 0 Å². The molecule has 3 rings (SSSR count). The Hall–Kier alpha value is -1.01.